The van der Waals surface area contributed by atoms with Crippen molar-refractivity contribution in [2.24, 2.45) is 0 Å². The van der Waals surface area contributed by atoms with E-state index >= 15 is 0 Å². The van der Waals surface area contributed by atoms with Crippen molar-refractivity contribution in [2.45, 2.75) is 24.2 Å². The van der Waals surface area contributed by atoms with E-state index in [-0.39, 0.29) is 0 Å². The number of aryl methyl sites for hydroxylation is 1. The summed E-state index contributed by atoms with van der Waals surface area (Å²) >= 11 is 5.34. The Labute approximate surface area is 169 Å². The second kappa shape index (κ2) is 8.06. The van der Waals surface area contributed by atoms with Gasteiger partial charge in [-0.05, 0) is 45.8 Å². The molecule has 8 heteroatoms. The molecule has 4 aromatic rings. The third-order valence-electron chi connectivity index (χ3n) is 4.00. The van der Waals surface area contributed by atoms with Crippen LogP contribution >= 0.6 is 27.7 Å². The lowest BCUT2D eigenvalue weighted by molar-refractivity contribution is 0.552. The van der Waals surface area contributed by atoms with Gasteiger partial charge in [0.05, 0.1) is 24.0 Å². The van der Waals surface area contributed by atoms with Crippen LogP contribution in [0.5, 0.6) is 0 Å². The Kier molecular flexibility index (Phi) is 5.35. The number of halogens is 1. The number of tetrazole rings is 1. The molecule has 136 valence electrons. The van der Waals surface area contributed by atoms with E-state index in [2.05, 4.69) is 60.7 Å². The maximum Gasteiger partial charge on any atom is 0.209 e. The molecule has 0 spiro atoms. The summed E-state index contributed by atoms with van der Waals surface area (Å²) < 4.78 is 2.91. The lowest BCUT2D eigenvalue weighted by atomic mass is 10.2. The Bertz CT molecular complexity index is 1040. The molecular formula is C19H17BrN6S. The largest absolute Gasteiger partial charge is 0.225 e. The van der Waals surface area contributed by atoms with E-state index in [0.717, 1.165) is 26.5 Å². The monoisotopic (exact) mass is 440 g/mol. The molecule has 0 unspecified atom stereocenters. The minimum Gasteiger partial charge on any atom is -0.225 e. The molecule has 0 N–H and O–H groups in total. The van der Waals surface area contributed by atoms with Crippen LogP contribution < -0.4 is 0 Å². The molecule has 0 saturated heterocycles. The molecule has 0 fully saturated rings. The van der Waals surface area contributed by atoms with Crippen LogP contribution in [0.4, 0.5) is 0 Å². The number of thioether (sulfide) groups is 1. The highest BCUT2D eigenvalue weighted by atomic mass is 79.9. The van der Waals surface area contributed by atoms with Crippen LogP contribution in [-0.2, 0) is 12.3 Å². The lowest BCUT2D eigenvalue weighted by Gasteiger charge is -2.10. The van der Waals surface area contributed by atoms with Crippen LogP contribution in [0.3, 0.4) is 0 Å². The van der Waals surface area contributed by atoms with Gasteiger partial charge in [-0.1, -0.05) is 42.5 Å². The second-order valence-electron chi connectivity index (χ2n) is 5.80. The predicted octanol–water partition coefficient (Wildman–Crippen LogP) is 4.60. The summed E-state index contributed by atoms with van der Waals surface area (Å²) in [5.41, 5.74) is 3.10. The number of aromatic nitrogens is 6. The van der Waals surface area contributed by atoms with Crippen molar-refractivity contribution in [1.29, 1.82) is 0 Å². The molecule has 2 heterocycles. The topological polar surface area (TPSA) is 61.4 Å². The first kappa shape index (κ1) is 17.9. The first-order valence-corrected chi connectivity index (χ1v) is 10.3. The van der Waals surface area contributed by atoms with Gasteiger partial charge in [-0.15, -0.1) is 22.0 Å². The van der Waals surface area contributed by atoms with Gasteiger partial charge in [-0.25, -0.2) is 4.68 Å². The van der Waals surface area contributed by atoms with Crippen LogP contribution in [0.25, 0.3) is 17.1 Å². The molecule has 0 amide bonds. The fourth-order valence-corrected chi connectivity index (χ4v) is 4.15. The predicted molar refractivity (Wildman–Crippen MR) is 110 cm³/mol. The van der Waals surface area contributed by atoms with Gasteiger partial charge in [0.15, 0.2) is 0 Å². The van der Waals surface area contributed by atoms with Gasteiger partial charge >= 0.3 is 0 Å². The Morgan fingerprint density at radius 1 is 1.04 bits per heavy atom. The summed E-state index contributed by atoms with van der Waals surface area (Å²) in [4.78, 5) is 1.58. The Balaban J connectivity index is 1.76. The highest BCUT2D eigenvalue weighted by Gasteiger charge is 2.19. The van der Waals surface area contributed by atoms with Gasteiger partial charge in [0.1, 0.15) is 5.03 Å². The summed E-state index contributed by atoms with van der Waals surface area (Å²) in [6.07, 6.45) is 1.81. The van der Waals surface area contributed by atoms with Crippen molar-refractivity contribution < 1.29 is 0 Å². The molecule has 2 aromatic carbocycles. The molecule has 2 aromatic heterocycles. The third-order valence-corrected chi connectivity index (χ3v) is 5.82. The molecule has 0 saturated carbocycles. The smallest absolute Gasteiger partial charge is 0.209 e. The minimum absolute atomic E-state index is 0.589. The number of para-hydroxylation sites is 1. The molecule has 27 heavy (non-hydrogen) atoms. The molecular weight excluding hydrogens is 424 g/mol. The van der Waals surface area contributed by atoms with Crippen molar-refractivity contribution >= 4 is 27.7 Å². The highest BCUT2D eigenvalue weighted by molar-refractivity contribution is 9.10. The van der Waals surface area contributed by atoms with Crippen molar-refractivity contribution in [1.82, 2.24) is 30.0 Å². The van der Waals surface area contributed by atoms with Crippen molar-refractivity contribution in [3.05, 3.63) is 70.8 Å². The number of nitrogens with zero attached hydrogens (tertiary/aromatic N) is 6. The summed E-state index contributed by atoms with van der Waals surface area (Å²) in [5, 5.41) is 18.4. The van der Waals surface area contributed by atoms with Gasteiger partial charge < -0.3 is 0 Å². The van der Waals surface area contributed by atoms with Crippen LogP contribution in [0.2, 0.25) is 0 Å². The number of hydrogen-bond donors (Lipinski definition) is 0. The molecule has 0 aliphatic heterocycles. The van der Waals surface area contributed by atoms with Crippen LogP contribution in [0, 0.1) is 0 Å². The molecule has 0 radical (unpaired) electrons. The van der Waals surface area contributed by atoms with E-state index in [1.54, 1.807) is 16.6 Å². The van der Waals surface area contributed by atoms with E-state index in [4.69, 9.17) is 0 Å². The Hall–Kier alpha value is -2.45. The molecule has 6 nitrogen and oxygen atoms in total. The van der Waals surface area contributed by atoms with Gasteiger partial charge in [0.2, 0.25) is 5.82 Å². The zero-order valence-electron chi connectivity index (χ0n) is 14.7. The zero-order valence-corrected chi connectivity index (χ0v) is 17.1. The van der Waals surface area contributed by atoms with Gasteiger partial charge in [0, 0.05) is 10.2 Å². The quantitative estimate of drug-likeness (QED) is 0.410. The molecule has 4 rings (SSSR count). The van der Waals surface area contributed by atoms with E-state index in [1.807, 2.05) is 48.1 Å². The van der Waals surface area contributed by atoms with Crippen molar-refractivity contribution in [3.63, 3.8) is 0 Å². The third kappa shape index (κ3) is 3.81. The Morgan fingerprint density at radius 2 is 1.81 bits per heavy atom. The van der Waals surface area contributed by atoms with E-state index in [0.29, 0.717) is 12.4 Å². The molecule has 0 atom stereocenters. The number of benzene rings is 2. The normalized spacial score (nSPS) is 11.0. The van der Waals surface area contributed by atoms with Crippen molar-refractivity contribution in [2.75, 3.05) is 0 Å². The summed E-state index contributed by atoms with van der Waals surface area (Å²) in [6.45, 7) is 2.67. The van der Waals surface area contributed by atoms with E-state index in [9.17, 15) is 0 Å². The summed E-state index contributed by atoms with van der Waals surface area (Å²) in [6, 6.07) is 18.4. The van der Waals surface area contributed by atoms with Gasteiger partial charge in [-0.3, -0.25) is 0 Å². The first-order chi connectivity index (χ1) is 13.3. The fourth-order valence-electron chi connectivity index (χ4n) is 2.64. The number of hydrogen-bond acceptors (Lipinski definition) is 5. The SMILES string of the molecule is CCn1nnc(-c2cnn(-c3ccccc3Br)c2SCc2ccccc2)n1. The summed E-state index contributed by atoms with van der Waals surface area (Å²) in [5.74, 6) is 1.41. The van der Waals surface area contributed by atoms with Crippen LogP contribution in [0.1, 0.15) is 12.5 Å². The van der Waals surface area contributed by atoms with Crippen LogP contribution in [0.15, 0.2) is 70.3 Å². The lowest BCUT2D eigenvalue weighted by Crippen LogP contribution is -2.00. The van der Waals surface area contributed by atoms with Gasteiger partial charge in [-0.2, -0.15) is 9.90 Å². The Morgan fingerprint density at radius 3 is 2.56 bits per heavy atom. The first-order valence-electron chi connectivity index (χ1n) is 8.54. The number of rotatable bonds is 6. The maximum atomic E-state index is 4.62. The van der Waals surface area contributed by atoms with E-state index in [1.165, 1.54) is 5.56 Å². The molecule has 0 bridgehead atoms. The van der Waals surface area contributed by atoms with E-state index < -0.39 is 0 Å². The molecule has 0 aliphatic rings. The van der Waals surface area contributed by atoms with Gasteiger partial charge in [0.25, 0.3) is 0 Å². The fraction of sp³-hybridized carbons (Fsp3) is 0.158. The average molecular weight is 441 g/mol. The molecule has 0 aliphatic carbocycles. The van der Waals surface area contributed by atoms with Crippen LogP contribution in [-0.4, -0.2) is 30.0 Å². The summed E-state index contributed by atoms with van der Waals surface area (Å²) in [7, 11) is 0. The maximum absolute atomic E-state index is 4.62. The second-order valence-corrected chi connectivity index (χ2v) is 7.62. The average Bonchev–Trinajstić information content (AvgIpc) is 3.34. The standard InChI is InChI=1S/C19H17BrN6S/c1-2-25-23-18(22-24-25)15-12-21-26(17-11-7-6-10-16(17)20)19(15)27-13-14-8-4-3-5-9-14/h3-12H,2,13H2,1H3. The highest BCUT2D eigenvalue weighted by Crippen LogP contribution is 2.35. The zero-order chi connectivity index (χ0) is 18.6. The minimum atomic E-state index is 0.589. The van der Waals surface area contributed by atoms with Crippen molar-refractivity contribution in [3.8, 4) is 17.1 Å².